The minimum atomic E-state index is -0.00994. The van der Waals surface area contributed by atoms with E-state index in [9.17, 15) is 9.59 Å². The molecule has 6 heteroatoms. The number of fused-ring (bicyclic) bond motifs is 1. The Morgan fingerprint density at radius 3 is 2.64 bits per heavy atom. The van der Waals surface area contributed by atoms with Crippen molar-refractivity contribution >= 4 is 34.8 Å². The molecule has 116 valence electrons. The van der Waals surface area contributed by atoms with E-state index in [1.165, 1.54) is 4.90 Å². The average Bonchev–Trinajstić information content (AvgIpc) is 3.08. The molecule has 1 aromatic carbocycles. The smallest absolute Gasteiger partial charge is 0.229 e. The summed E-state index contributed by atoms with van der Waals surface area (Å²) in [6, 6.07) is 8.09. The quantitative estimate of drug-likeness (QED) is 0.582. The summed E-state index contributed by atoms with van der Waals surface area (Å²) in [6.07, 6.45) is 5.62. The molecule has 0 aliphatic carbocycles. The molecule has 1 saturated heterocycles. The molecule has 5 nitrogen and oxygen atoms in total. The zero-order chi connectivity index (χ0) is 15.4. The Labute approximate surface area is 133 Å². The minimum Gasteiger partial charge on any atom is -0.283 e. The molecule has 0 saturated carbocycles. The third kappa shape index (κ3) is 3.32. The van der Waals surface area contributed by atoms with Crippen molar-refractivity contribution in [2.24, 2.45) is 0 Å². The molecule has 2 aromatic rings. The van der Waals surface area contributed by atoms with Crippen LogP contribution in [0.25, 0.3) is 11.0 Å². The molecule has 0 atom stereocenters. The van der Waals surface area contributed by atoms with Crippen molar-refractivity contribution in [2.75, 3.05) is 12.3 Å². The first kappa shape index (κ1) is 15.1. The standard InChI is InChI=1S/C16H19N3O2S/c20-15-8-9-16(21)18(15)10-4-1-5-11-22-19-12-17-13-6-2-3-7-14(13)19/h2-3,6-7,12H,1,4-5,8-11H2. The van der Waals surface area contributed by atoms with Gasteiger partial charge in [-0.2, -0.15) is 0 Å². The van der Waals surface area contributed by atoms with Gasteiger partial charge in [0.2, 0.25) is 11.8 Å². The van der Waals surface area contributed by atoms with Gasteiger partial charge in [-0.1, -0.05) is 18.6 Å². The topological polar surface area (TPSA) is 55.2 Å². The van der Waals surface area contributed by atoms with Crippen LogP contribution in [0.5, 0.6) is 0 Å². The number of imide groups is 1. The summed E-state index contributed by atoms with van der Waals surface area (Å²) in [4.78, 5) is 28.7. The summed E-state index contributed by atoms with van der Waals surface area (Å²) in [5.41, 5.74) is 2.15. The number of nitrogens with zero attached hydrogens (tertiary/aromatic N) is 3. The Bertz CT molecular complexity index is 667. The van der Waals surface area contributed by atoms with Gasteiger partial charge < -0.3 is 0 Å². The molecule has 0 radical (unpaired) electrons. The first-order valence-corrected chi connectivity index (χ1v) is 8.58. The van der Waals surface area contributed by atoms with Crippen LogP contribution < -0.4 is 0 Å². The summed E-state index contributed by atoms with van der Waals surface area (Å²) in [7, 11) is 0. The van der Waals surface area contributed by atoms with E-state index < -0.39 is 0 Å². The number of benzene rings is 1. The summed E-state index contributed by atoms with van der Waals surface area (Å²) < 4.78 is 2.10. The summed E-state index contributed by atoms with van der Waals surface area (Å²) in [5.74, 6) is 0.982. The number of amides is 2. The number of hydrogen-bond donors (Lipinski definition) is 0. The van der Waals surface area contributed by atoms with E-state index in [1.807, 2.05) is 24.5 Å². The van der Waals surface area contributed by atoms with Gasteiger partial charge in [-0.05, 0) is 36.9 Å². The van der Waals surface area contributed by atoms with Crippen molar-refractivity contribution < 1.29 is 9.59 Å². The predicted molar refractivity (Wildman–Crippen MR) is 87.4 cm³/mol. The van der Waals surface area contributed by atoms with Gasteiger partial charge in [0.05, 0.1) is 11.0 Å². The van der Waals surface area contributed by atoms with Gasteiger partial charge in [-0.3, -0.25) is 18.5 Å². The average molecular weight is 317 g/mol. The van der Waals surface area contributed by atoms with Crippen LogP contribution in [0.3, 0.4) is 0 Å². The van der Waals surface area contributed by atoms with E-state index in [4.69, 9.17) is 0 Å². The Kier molecular flexibility index (Phi) is 4.77. The van der Waals surface area contributed by atoms with E-state index in [0.29, 0.717) is 19.4 Å². The fourth-order valence-electron chi connectivity index (χ4n) is 2.62. The van der Waals surface area contributed by atoms with Crippen molar-refractivity contribution in [3.63, 3.8) is 0 Å². The molecule has 1 aliphatic heterocycles. The summed E-state index contributed by atoms with van der Waals surface area (Å²) in [6.45, 7) is 0.580. The number of carbonyl (C=O) groups is 2. The molecule has 1 fully saturated rings. The molecule has 0 unspecified atom stereocenters. The van der Waals surface area contributed by atoms with Crippen LogP contribution >= 0.6 is 11.9 Å². The summed E-state index contributed by atoms with van der Waals surface area (Å²) in [5, 5.41) is 0. The van der Waals surface area contributed by atoms with E-state index in [1.54, 1.807) is 11.9 Å². The SMILES string of the molecule is O=C1CCC(=O)N1CCCCCSn1cnc2ccccc21. The lowest BCUT2D eigenvalue weighted by molar-refractivity contribution is -0.138. The van der Waals surface area contributed by atoms with Crippen LogP contribution in [-0.2, 0) is 9.59 Å². The second-order valence-corrected chi connectivity index (χ2v) is 6.45. The zero-order valence-electron chi connectivity index (χ0n) is 12.4. The van der Waals surface area contributed by atoms with Crippen LogP contribution in [0.1, 0.15) is 32.1 Å². The number of unbranched alkanes of at least 4 members (excludes halogenated alkanes) is 2. The van der Waals surface area contributed by atoms with Gasteiger partial charge in [0.15, 0.2) is 0 Å². The van der Waals surface area contributed by atoms with Gasteiger partial charge in [0.25, 0.3) is 0 Å². The van der Waals surface area contributed by atoms with Crippen LogP contribution in [0.15, 0.2) is 30.6 Å². The number of carbonyl (C=O) groups excluding carboxylic acids is 2. The lowest BCUT2D eigenvalue weighted by atomic mass is 10.2. The fraction of sp³-hybridized carbons (Fsp3) is 0.438. The largest absolute Gasteiger partial charge is 0.283 e. The maximum atomic E-state index is 11.5. The van der Waals surface area contributed by atoms with E-state index in [-0.39, 0.29) is 11.8 Å². The molecule has 0 N–H and O–H groups in total. The first-order valence-electron chi connectivity index (χ1n) is 7.64. The van der Waals surface area contributed by atoms with E-state index in [0.717, 1.165) is 36.0 Å². The van der Waals surface area contributed by atoms with Gasteiger partial charge in [0.1, 0.15) is 6.33 Å². The van der Waals surface area contributed by atoms with E-state index in [2.05, 4.69) is 15.0 Å². The van der Waals surface area contributed by atoms with Crippen LogP contribution in [-0.4, -0.2) is 38.0 Å². The number of hydrogen-bond acceptors (Lipinski definition) is 4. The monoisotopic (exact) mass is 317 g/mol. The maximum absolute atomic E-state index is 11.5. The van der Waals surface area contributed by atoms with E-state index >= 15 is 0 Å². The van der Waals surface area contributed by atoms with Gasteiger partial charge in [0, 0.05) is 25.1 Å². The molecule has 0 spiro atoms. The lowest BCUT2D eigenvalue weighted by Crippen LogP contribution is -2.29. The first-order chi connectivity index (χ1) is 10.8. The predicted octanol–water partition coefficient (Wildman–Crippen LogP) is 2.85. The van der Waals surface area contributed by atoms with Crippen molar-refractivity contribution in [1.29, 1.82) is 0 Å². The Morgan fingerprint density at radius 1 is 1.05 bits per heavy atom. The highest BCUT2D eigenvalue weighted by Crippen LogP contribution is 2.19. The van der Waals surface area contributed by atoms with Crippen molar-refractivity contribution in [3.8, 4) is 0 Å². The zero-order valence-corrected chi connectivity index (χ0v) is 13.2. The second kappa shape index (κ2) is 6.96. The third-order valence-electron chi connectivity index (χ3n) is 3.83. The summed E-state index contributed by atoms with van der Waals surface area (Å²) >= 11 is 1.75. The molecule has 2 amide bonds. The highest BCUT2D eigenvalue weighted by atomic mass is 32.2. The molecular weight excluding hydrogens is 298 g/mol. The second-order valence-electron chi connectivity index (χ2n) is 5.39. The van der Waals surface area contributed by atoms with Crippen molar-refractivity contribution in [3.05, 3.63) is 30.6 Å². The highest BCUT2D eigenvalue weighted by Gasteiger charge is 2.27. The van der Waals surface area contributed by atoms with Crippen LogP contribution in [0, 0.1) is 0 Å². The normalized spacial score (nSPS) is 15.2. The molecule has 22 heavy (non-hydrogen) atoms. The number of likely N-dealkylation sites (tertiary alicyclic amines) is 1. The number of rotatable bonds is 7. The molecular formula is C16H19N3O2S. The molecule has 1 aromatic heterocycles. The minimum absolute atomic E-state index is 0.00994. The Hall–Kier alpha value is -1.82. The molecule has 0 bridgehead atoms. The highest BCUT2D eigenvalue weighted by molar-refractivity contribution is 7.97. The van der Waals surface area contributed by atoms with Crippen LogP contribution in [0.2, 0.25) is 0 Å². The molecule has 1 aliphatic rings. The van der Waals surface area contributed by atoms with Crippen molar-refractivity contribution in [1.82, 2.24) is 13.9 Å². The third-order valence-corrected chi connectivity index (χ3v) is 4.87. The molecule has 2 heterocycles. The molecule has 3 rings (SSSR count). The Balaban J connectivity index is 1.37. The van der Waals surface area contributed by atoms with Gasteiger partial charge in [-0.25, -0.2) is 4.98 Å². The van der Waals surface area contributed by atoms with Gasteiger partial charge >= 0.3 is 0 Å². The van der Waals surface area contributed by atoms with Crippen molar-refractivity contribution in [2.45, 2.75) is 32.1 Å². The number of para-hydroxylation sites is 2. The Morgan fingerprint density at radius 2 is 1.82 bits per heavy atom. The number of aromatic nitrogens is 2. The number of imidazole rings is 1. The fourth-order valence-corrected chi connectivity index (χ4v) is 3.56. The maximum Gasteiger partial charge on any atom is 0.229 e. The van der Waals surface area contributed by atoms with Gasteiger partial charge in [-0.15, -0.1) is 0 Å². The lowest BCUT2D eigenvalue weighted by Gasteiger charge is -2.13. The van der Waals surface area contributed by atoms with Crippen LogP contribution in [0.4, 0.5) is 0 Å².